The van der Waals surface area contributed by atoms with Crippen molar-refractivity contribution >= 4 is 33.5 Å². The van der Waals surface area contributed by atoms with E-state index in [1.165, 1.54) is 0 Å². The first-order chi connectivity index (χ1) is 9.97. The summed E-state index contributed by atoms with van der Waals surface area (Å²) in [6, 6.07) is 7.40. The SMILES string of the molecule is CC(CCNCC(=O)Nc1ccc(Br)cc1)CCC(=O)O. The zero-order valence-electron chi connectivity index (χ0n) is 12.1. The van der Waals surface area contributed by atoms with Gasteiger partial charge in [-0.15, -0.1) is 0 Å². The van der Waals surface area contributed by atoms with Crippen LogP contribution in [-0.2, 0) is 9.59 Å². The molecule has 5 nitrogen and oxygen atoms in total. The number of carboxylic acid groups (broad SMARTS) is 1. The van der Waals surface area contributed by atoms with Crippen LogP contribution in [-0.4, -0.2) is 30.1 Å². The van der Waals surface area contributed by atoms with Gasteiger partial charge >= 0.3 is 5.97 Å². The molecule has 6 heteroatoms. The highest BCUT2D eigenvalue weighted by Gasteiger charge is 2.06. The van der Waals surface area contributed by atoms with Gasteiger partial charge in [0.1, 0.15) is 0 Å². The van der Waals surface area contributed by atoms with Gasteiger partial charge in [0.15, 0.2) is 0 Å². The first kappa shape index (κ1) is 17.7. The summed E-state index contributed by atoms with van der Waals surface area (Å²) in [4.78, 5) is 22.1. The second kappa shape index (κ2) is 9.52. The van der Waals surface area contributed by atoms with E-state index >= 15 is 0 Å². The van der Waals surface area contributed by atoms with Gasteiger partial charge in [-0.05, 0) is 49.6 Å². The first-order valence-electron chi connectivity index (χ1n) is 6.95. The van der Waals surface area contributed by atoms with Crippen LogP contribution in [0.15, 0.2) is 28.7 Å². The smallest absolute Gasteiger partial charge is 0.303 e. The summed E-state index contributed by atoms with van der Waals surface area (Å²) in [7, 11) is 0. The van der Waals surface area contributed by atoms with Crippen molar-refractivity contribution in [3.8, 4) is 0 Å². The highest BCUT2D eigenvalue weighted by atomic mass is 79.9. The Bertz CT molecular complexity index is 462. The standard InChI is InChI=1S/C15H21BrN2O3/c1-11(2-7-15(20)21)8-9-17-10-14(19)18-13-5-3-12(16)4-6-13/h3-6,11,17H,2,7-10H2,1H3,(H,18,19)(H,20,21). The van der Waals surface area contributed by atoms with Crippen LogP contribution in [0, 0.1) is 5.92 Å². The largest absolute Gasteiger partial charge is 0.481 e. The summed E-state index contributed by atoms with van der Waals surface area (Å²) in [5.41, 5.74) is 0.764. The zero-order chi connectivity index (χ0) is 15.7. The molecule has 0 saturated heterocycles. The number of carboxylic acids is 1. The Kier molecular flexibility index (Phi) is 8.00. The number of hydrogen-bond donors (Lipinski definition) is 3. The molecule has 116 valence electrons. The highest BCUT2D eigenvalue weighted by molar-refractivity contribution is 9.10. The third kappa shape index (κ3) is 8.47. The molecule has 0 bridgehead atoms. The number of benzene rings is 1. The Morgan fingerprint density at radius 2 is 1.90 bits per heavy atom. The fraction of sp³-hybridized carbons (Fsp3) is 0.467. The maximum atomic E-state index is 11.7. The van der Waals surface area contributed by atoms with Gasteiger partial charge in [-0.25, -0.2) is 0 Å². The fourth-order valence-corrected chi connectivity index (χ4v) is 2.07. The van der Waals surface area contributed by atoms with Crippen molar-refractivity contribution in [2.24, 2.45) is 5.92 Å². The zero-order valence-corrected chi connectivity index (χ0v) is 13.6. The molecule has 0 aliphatic carbocycles. The average Bonchev–Trinajstić information content (AvgIpc) is 2.44. The van der Waals surface area contributed by atoms with Gasteiger partial charge in [0.25, 0.3) is 0 Å². The van der Waals surface area contributed by atoms with Crippen LogP contribution < -0.4 is 10.6 Å². The summed E-state index contributed by atoms with van der Waals surface area (Å²) in [5, 5.41) is 14.5. The lowest BCUT2D eigenvalue weighted by molar-refractivity contribution is -0.137. The van der Waals surface area contributed by atoms with Gasteiger partial charge in [0, 0.05) is 16.6 Å². The van der Waals surface area contributed by atoms with E-state index in [2.05, 4.69) is 26.6 Å². The molecule has 3 N–H and O–H groups in total. The van der Waals surface area contributed by atoms with E-state index in [1.807, 2.05) is 31.2 Å². The Morgan fingerprint density at radius 3 is 2.52 bits per heavy atom. The molecule has 0 aliphatic heterocycles. The molecule has 0 spiro atoms. The van der Waals surface area contributed by atoms with Crippen LogP contribution >= 0.6 is 15.9 Å². The number of nitrogens with one attached hydrogen (secondary N) is 2. The van der Waals surface area contributed by atoms with E-state index in [0.717, 1.165) is 16.6 Å². The van der Waals surface area contributed by atoms with Gasteiger partial charge < -0.3 is 15.7 Å². The summed E-state index contributed by atoms with van der Waals surface area (Å²) >= 11 is 3.34. The lowest BCUT2D eigenvalue weighted by Gasteiger charge is -2.11. The van der Waals surface area contributed by atoms with Crippen LogP contribution in [0.5, 0.6) is 0 Å². The molecule has 1 aromatic carbocycles. The molecule has 0 fully saturated rings. The minimum atomic E-state index is -0.760. The van der Waals surface area contributed by atoms with Crippen LogP contribution in [0.4, 0.5) is 5.69 Å². The van der Waals surface area contributed by atoms with Gasteiger partial charge in [0.2, 0.25) is 5.91 Å². The average molecular weight is 357 g/mol. The van der Waals surface area contributed by atoms with E-state index in [1.54, 1.807) is 0 Å². The molecule has 0 radical (unpaired) electrons. The van der Waals surface area contributed by atoms with Gasteiger partial charge in [-0.2, -0.15) is 0 Å². The first-order valence-corrected chi connectivity index (χ1v) is 7.74. The number of aliphatic carboxylic acids is 1. The van der Waals surface area contributed by atoms with Crippen LogP contribution in [0.25, 0.3) is 0 Å². The Balaban J connectivity index is 2.13. The lowest BCUT2D eigenvalue weighted by Crippen LogP contribution is -2.29. The molecule has 0 aliphatic rings. The third-order valence-electron chi connectivity index (χ3n) is 3.08. The molecule has 1 aromatic rings. The predicted molar refractivity (Wildman–Crippen MR) is 86.3 cm³/mol. The molecule has 1 atom stereocenters. The van der Waals surface area contributed by atoms with Crippen molar-refractivity contribution in [2.45, 2.75) is 26.2 Å². The summed E-state index contributed by atoms with van der Waals surface area (Å²) in [5.74, 6) is -0.512. The summed E-state index contributed by atoms with van der Waals surface area (Å²) < 4.78 is 0.967. The quantitative estimate of drug-likeness (QED) is 0.594. The second-order valence-electron chi connectivity index (χ2n) is 5.06. The minimum Gasteiger partial charge on any atom is -0.481 e. The topological polar surface area (TPSA) is 78.4 Å². The molecule has 0 saturated carbocycles. The molecule has 0 aromatic heterocycles. The molecule has 21 heavy (non-hydrogen) atoms. The third-order valence-corrected chi connectivity index (χ3v) is 3.61. The number of carbonyl (C=O) groups is 2. The molecule has 1 amide bonds. The minimum absolute atomic E-state index is 0.0875. The molecular formula is C15H21BrN2O3. The maximum Gasteiger partial charge on any atom is 0.303 e. The fourth-order valence-electron chi connectivity index (χ4n) is 1.80. The van der Waals surface area contributed by atoms with Crippen molar-refractivity contribution in [3.63, 3.8) is 0 Å². The van der Waals surface area contributed by atoms with Crippen LogP contribution in [0.3, 0.4) is 0 Å². The van der Waals surface area contributed by atoms with Crippen LogP contribution in [0.2, 0.25) is 0 Å². The number of carbonyl (C=O) groups excluding carboxylic acids is 1. The molecular weight excluding hydrogens is 336 g/mol. The van der Waals surface area contributed by atoms with E-state index in [0.29, 0.717) is 18.9 Å². The normalized spacial score (nSPS) is 11.9. The highest BCUT2D eigenvalue weighted by Crippen LogP contribution is 2.13. The number of hydrogen-bond acceptors (Lipinski definition) is 3. The predicted octanol–water partition coefficient (Wildman–Crippen LogP) is 2.87. The van der Waals surface area contributed by atoms with Crippen LogP contribution in [0.1, 0.15) is 26.2 Å². The van der Waals surface area contributed by atoms with Gasteiger partial charge in [0.05, 0.1) is 6.54 Å². The van der Waals surface area contributed by atoms with E-state index in [-0.39, 0.29) is 18.9 Å². The van der Waals surface area contributed by atoms with Crippen molar-refractivity contribution in [1.82, 2.24) is 5.32 Å². The van der Waals surface area contributed by atoms with Crippen molar-refractivity contribution in [2.75, 3.05) is 18.4 Å². The Morgan fingerprint density at radius 1 is 1.24 bits per heavy atom. The maximum absolute atomic E-state index is 11.7. The summed E-state index contributed by atoms with van der Waals surface area (Å²) in [6.07, 6.45) is 1.73. The Labute approximate surface area is 133 Å². The van der Waals surface area contributed by atoms with Crippen molar-refractivity contribution in [3.05, 3.63) is 28.7 Å². The number of amides is 1. The summed E-state index contributed by atoms with van der Waals surface area (Å²) in [6.45, 7) is 2.97. The molecule has 1 rings (SSSR count). The number of halogens is 1. The molecule has 0 heterocycles. The number of anilines is 1. The Hall–Kier alpha value is -1.40. The van der Waals surface area contributed by atoms with Crippen molar-refractivity contribution in [1.29, 1.82) is 0 Å². The van der Waals surface area contributed by atoms with E-state index < -0.39 is 5.97 Å². The van der Waals surface area contributed by atoms with Gasteiger partial charge in [-0.3, -0.25) is 9.59 Å². The number of rotatable bonds is 9. The van der Waals surface area contributed by atoms with E-state index in [9.17, 15) is 9.59 Å². The molecule has 1 unspecified atom stereocenters. The monoisotopic (exact) mass is 356 g/mol. The lowest BCUT2D eigenvalue weighted by atomic mass is 10.0. The van der Waals surface area contributed by atoms with Gasteiger partial charge in [-0.1, -0.05) is 22.9 Å². The van der Waals surface area contributed by atoms with E-state index in [4.69, 9.17) is 5.11 Å². The van der Waals surface area contributed by atoms with Crippen molar-refractivity contribution < 1.29 is 14.7 Å². The second-order valence-corrected chi connectivity index (χ2v) is 5.97.